The summed E-state index contributed by atoms with van der Waals surface area (Å²) < 4.78 is 2.04. The van der Waals surface area contributed by atoms with Crippen molar-refractivity contribution < 1.29 is 9.59 Å². The lowest BCUT2D eigenvalue weighted by Crippen LogP contribution is -2.31. The van der Waals surface area contributed by atoms with Crippen LogP contribution in [0.15, 0.2) is 78.2 Å². The van der Waals surface area contributed by atoms with Crippen molar-refractivity contribution in [2.24, 2.45) is 0 Å². The SMILES string of the molecule is Cc1ccccc1-n1c(SCCCN2C(=O)c3ccccc3C2=O)nnc1-c1cccnc1. The number of hydrogen-bond donors (Lipinski definition) is 0. The number of pyridine rings is 1. The highest BCUT2D eigenvalue weighted by molar-refractivity contribution is 7.99. The van der Waals surface area contributed by atoms with E-state index >= 15 is 0 Å². The third-order valence-corrected chi connectivity index (χ3v) is 6.56. The molecule has 0 saturated carbocycles. The summed E-state index contributed by atoms with van der Waals surface area (Å²) >= 11 is 1.56. The fourth-order valence-corrected chi connectivity index (χ4v) is 4.77. The first kappa shape index (κ1) is 21.1. The zero-order valence-electron chi connectivity index (χ0n) is 18.0. The highest BCUT2D eigenvalue weighted by Gasteiger charge is 2.34. The van der Waals surface area contributed by atoms with Crippen LogP contribution in [0.5, 0.6) is 0 Å². The summed E-state index contributed by atoms with van der Waals surface area (Å²) in [6.45, 7) is 2.42. The molecule has 0 atom stereocenters. The number of aryl methyl sites for hydroxylation is 1. The zero-order valence-corrected chi connectivity index (χ0v) is 18.8. The van der Waals surface area contributed by atoms with Crippen LogP contribution in [0.2, 0.25) is 0 Å². The molecule has 33 heavy (non-hydrogen) atoms. The van der Waals surface area contributed by atoms with Gasteiger partial charge in [0.05, 0.1) is 16.8 Å². The van der Waals surface area contributed by atoms with Gasteiger partial charge in [-0.05, 0) is 49.2 Å². The third kappa shape index (κ3) is 3.93. The number of nitrogens with zero attached hydrogens (tertiary/aromatic N) is 5. The molecular formula is C25H21N5O2S. The van der Waals surface area contributed by atoms with E-state index in [1.165, 1.54) is 4.90 Å². The number of amides is 2. The molecule has 1 aliphatic heterocycles. The zero-order chi connectivity index (χ0) is 22.8. The molecule has 0 N–H and O–H groups in total. The van der Waals surface area contributed by atoms with Crippen LogP contribution >= 0.6 is 11.8 Å². The number of thioether (sulfide) groups is 1. The number of imide groups is 1. The highest BCUT2D eigenvalue weighted by atomic mass is 32.2. The van der Waals surface area contributed by atoms with Crippen LogP contribution in [0.3, 0.4) is 0 Å². The van der Waals surface area contributed by atoms with E-state index in [0.29, 0.717) is 29.8 Å². The maximum Gasteiger partial charge on any atom is 0.261 e. The molecule has 7 nitrogen and oxygen atoms in total. The molecule has 0 aliphatic carbocycles. The molecule has 1 aliphatic rings. The van der Waals surface area contributed by atoms with Crippen LogP contribution in [0, 0.1) is 6.92 Å². The average Bonchev–Trinajstić information content (AvgIpc) is 3.37. The van der Waals surface area contributed by atoms with Crippen molar-refractivity contribution in [3.05, 3.63) is 89.7 Å². The number of hydrogen-bond acceptors (Lipinski definition) is 6. The number of carbonyl (C=O) groups excluding carboxylic acids is 2. The van der Waals surface area contributed by atoms with Gasteiger partial charge in [-0.3, -0.25) is 24.0 Å². The van der Waals surface area contributed by atoms with Gasteiger partial charge in [0.2, 0.25) is 0 Å². The molecule has 3 heterocycles. The van der Waals surface area contributed by atoms with E-state index in [2.05, 4.69) is 28.2 Å². The van der Waals surface area contributed by atoms with Crippen LogP contribution in [0.25, 0.3) is 17.1 Å². The van der Waals surface area contributed by atoms with Crippen LogP contribution in [-0.4, -0.2) is 48.8 Å². The smallest absolute Gasteiger partial charge is 0.261 e. The van der Waals surface area contributed by atoms with E-state index in [4.69, 9.17) is 0 Å². The second-order valence-electron chi connectivity index (χ2n) is 7.68. The molecule has 0 saturated heterocycles. The quantitative estimate of drug-likeness (QED) is 0.233. The van der Waals surface area contributed by atoms with Crippen molar-refractivity contribution >= 4 is 23.6 Å². The van der Waals surface area contributed by atoms with Crippen molar-refractivity contribution in [2.45, 2.75) is 18.5 Å². The number of aromatic nitrogens is 4. The maximum atomic E-state index is 12.6. The number of carbonyl (C=O) groups is 2. The standard InChI is InChI=1S/C25H21N5O2S/c1-17-8-2-5-12-21(17)30-22(18-9-6-13-26-16-18)27-28-25(30)33-15-7-14-29-23(31)19-10-3-4-11-20(19)24(29)32/h2-6,8-13,16H,7,14-15H2,1H3. The van der Waals surface area contributed by atoms with Gasteiger partial charge >= 0.3 is 0 Å². The Labute approximate surface area is 195 Å². The monoisotopic (exact) mass is 455 g/mol. The second kappa shape index (κ2) is 8.99. The van der Waals surface area contributed by atoms with Gasteiger partial charge in [-0.15, -0.1) is 10.2 Å². The van der Waals surface area contributed by atoms with E-state index in [-0.39, 0.29) is 11.8 Å². The summed E-state index contributed by atoms with van der Waals surface area (Å²) in [5.41, 5.74) is 3.96. The Hall–Kier alpha value is -3.78. The lowest BCUT2D eigenvalue weighted by molar-refractivity contribution is 0.0655. The first-order valence-electron chi connectivity index (χ1n) is 10.6. The number of para-hydroxylation sites is 1. The highest BCUT2D eigenvalue weighted by Crippen LogP contribution is 2.30. The normalized spacial score (nSPS) is 12.9. The molecular weight excluding hydrogens is 434 g/mol. The summed E-state index contributed by atoms with van der Waals surface area (Å²) in [5, 5.41) is 9.64. The van der Waals surface area contributed by atoms with Crippen molar-refractivity contribution in [1.82, 2.24) is 24.6 Å². The molecule has 5 rings (SSSR count). The van der Waals surface area contributed by atoms with Crippen molar-refractivity contribution in [1.29, 1.82) is 0 Å². The number of benzene rings is 2. The first-order valence-corrected chi connectivity index (χ1v) is 11.6. The van der Waals surface area contributed by atoms with Gasteiger partial charge in [-0.1, -0.05) is 42.1 Å². The minimum Gasteiger partial charge on any atom is -0.274 e. The van der Waals surface area contributed by atoms with E-state index in [0.717, 1.165) is 27.8 Å². The molecule has 2 aromatic carbocycles. The van der Waals surface area contributed by atoms with Gasteiger partial charge in [0.25, 0.3) is 11.8 Å². The Morgan fingerprint density at radius 1 is 0.879 bits per heavy atom. The Bertz CT molecular complexity index is 1300. The molecule has 8 heteroatoms. The van der Waals surface area contributed by atoms with Gasteiger partial charge in [0, 0.05) is 30.3 Å². The summed E-state index contributed by atoms with van der Waals surface area (Å²) in [4.78, 5) is 30.7. The summed E-state index contributed by atoms with van der Waals surface area (Å²) in [6.07, 6.45) is 4.15. The largest absolute Gasteiger partial charge is 0.274 e. The fourth-order valence-electron chi connectivity index (χ4n) is 3.91. The first-order chi connectivity index (χ1) is 16.1. The second-order valence-corrected chi connectivity index (χ2v) is 8.74. The lowest BCUT2D eigenvalue weighted by Gasteiger charge is -2.14. The molecule has 4 aromatic rings. The predicted octanol–water partition coefficient (Wildman–Crippen LogP) is 4.42. The third-order valence-electron chi connectivity index (χ3n) is 5.54. The minimum atomic E-state index is -0.220. The van der Waals surface area contributed by atoms with Gasteiger partial charge in [-0.2, -0.15) is 0 Å². The molecule has 0 spiro atoms. The molecule has 2 amide bonds. The van der Waals surface area contributed by atoms with Gasteiger partial charge < -0.3 is 0 Å². The van der Waals surface area contributed by atoms with Crippen LogP contribution < -0.4 is 0 Å². The Morgan fingerprint density at radius 3 is 2.30 bits per heavy atom. The van der Waals surface area contributed by atoms with Crippen molar-refractivity contribution in [3.63, 3.8) is 0 Å². The molecule has 0 radical (unpaired) electrons. The van der Waals surface area contributed by atoms with Gasteiger partial charge in [-0.25, -0.2) is 0 Å². The molecule has 0 unspecified atom stereocenters. The molecule has 0 fully saturated rings. The maximum absolute atomic E-state index is 12.6. The minimum absolute atomic E-state index is 0.220. The van der Waals surface area contributed by atoms with Crippen LogP contribution in [0.4, 0.5) is 0 Å². The fraction of sp³-hybridized carbons (Fsp3) is 0.160. The van der Waals surface area contributed by atoms with E-state index < -0.39 is 0 Å². The predicted molar refractivity (Wildman–Crippen MR) is 126 cm³/mol. The Morgan fingerprint density at radius 2 is 1.61 bits per heavy atom. The molecule has 2 aromatic heterocycles. The van der Waals surface area contributed by atoms with Crippen LogP contribution in [-0.2, 0) is 0 Å². The van der Waals surface area contributed by atoms with Crippen molar-refractivity contribution in [3.8, 4) is 17.1 Å². The van der Waals surface area contributed by atoms with Gasteiger partial charge in [0.15, 0.2) is 11.0 Å². The van der Waals surface area contributed by atoms with Crippen molar-refractivity contribution in [2.75, 3.05) is 12.3 Å². The van der Waals surface area contributed by atoms with E-state index in [1.54, 1.807) is 48.4 Å². The number of fused-ring (bicyclic) bond motifs is 1. The van der Waals surface area contributed by atoms with E-state index in [1.807, 2.05) is 34.9 Å². The van der Waals surface area contributed by atoms with Gasteiger partial charge in [0.1, 0.15) is 0 Å². The lowest BCUT2D eigenvalue weighted by atomic mass is 10.1. The summed E-state index contributed by atoms with van der Waals surface area (Å²) in [5.74, 6) is 0.968. The summed E-state index contributed by atoms with van der Waals surface area (Å²) in [7, 11) is 0. The topological polar surface area (TPSA) is 81.0 Å². The Balaban J connectivity index is 1.34. The number of rotatable bonds is 7. The summed E-state index contributed by atoms with van der Waals surface area (Å²) in [6, 6.07) is 18.9. The van der Waals surface area contributed by atoms with E-state index in [9.17, 15) is 9.59 Å². The molecule has 0 bridgehead atoms. The average molecular weight is 456 g/mol. The molecule has 164 valence electrons. The Kier molecular flexibility index (Phi) is 5.75. The van der Waals surface area contributed by atoms with Crippen LogP contribution in [0.1, 0.15) is 32.7 Å².